The van der Waals surface area contributed by atoms with Crippen LogP contribution in [0.15, 0.2) is 46.9 Å². The zero-order valence-electron chi connectivity index (χ0n) is 9.93. The summed E-state index contributed by atoms with van der Waals surface area (Å²) < 4.78 is 6.38. The van der Waals surface area contributed by atoms with Crippen LogP contribution in [0.5, 0.6) is 11.5 Å². The van der Waals surface area contributed by atoms with Gasteiger partial charge >= 0.3 is 0 Å². The summed E-state index contributed by atoms with van der Waals surface area (Å²) in [4.78, 5) is 0. The molecule has 0 atom stereocenters. The van der Waals surface area contributed by atoms with Crippen LogP contribution in [0.3, 0.4) is 0 Å². The van der Waals surface area contributed by atoms with Crippen LogP contribution >= 0.6 is 15.9 Å². The highest BCUT2D eigenvalue weighted by Crippen LogP contribution is 2.30. The number of nitrogens with zero attached hydrogens (tertiary/aromatic N) is 2. The SMILES string of the molecule is N#CCc1ccc(Oc2cccc(Br)c2C#N)cc1. The second kappa shape index (κ2) is 6.04. The van der Waals surface area contributed by atoms with E-state index in [1.54, 1.807) is 24.3 Å². The molecule has 2 rings (SSSR count). The maximum absolute atomic E-state index is 9.10. The Balaban J connectivity index is 2.25. The molecule has 0 unspecified atom stereocenters. The minimum atomic E-state index is 0.376. The molecule has 0 fully saturated rings. The van der Waals surface area contributed by atoms with Gasteiger partial charge in [0.2, 0.25) is 0 Å². The van der Waals surface area contributed by atoms with E-state index in [9.17, 15) is 0 Å². The normalized spacial score (nSPS) is 9.42. The molecule has 0 saturated carbocycles. The van der Waals surface area contributed by atoms with Crippen molar-refractivity contribution in [3.63, 3.8) is 0 Å². The van der Waals surface area contributed by atoms with Crippen LogP contribution in [0.25, 0.3) is 0 Å². The number of hydrogen-bond donors (Lipinski definition) is 0. The molecular formula is C15H9BrN2O. The van der Waals surface area contributed by atoms with E-state index < -0.39 is 0 Å². The summed E-state index contributed by atoms with van der Waals surface area (Å²) in [6.45, 7) is 0. The Morgan fingerprint density at radius 1 is 1.05 bits per heavy atom. The highest BCUT2D eigenvalue weighted by Gasteiger charge is 2.08. The molecule has 0 saturated heterocycles. The molecule has 19 heavy (non-hydrogen) atoms. The van der Waals surface area contributed by atoms with Crippen LogP contribution in [-0.4, -0.2) is 0 Å². The van der Waals surface area contributed by atoms with Crippen LogP contribution in [0.1, 0.15) is 11.1 Å². The van der Waals surface area contributed by atoms with E-state index in [2.05, 4.69) is 28.1 Å². The van der Waals surface area contributed by atoms with Gasteiger partial charge in [-0.05, 0) is 45.8 Å². The molecular weight excluding hydrogens is 304 g/mol. The maximum Gasteiger partial charge on any atom is 0.146 e. The van der Waals surface area contributed by atoms with Gasteiger partial charge in [0, 0.05) is 4.47 Å². The molecule has 0 N–H and O–H groups in total. The molecule has 0 aliphatic rings. The number of nitriles is 2. The largest absolute Gasteiger partial charge is 0.456 e. The summed E-state index contributed by atoms with van der Waals surface area (Å²) in [6.07, 6.45) is 0.376. The maximum atomic E-state index is 9.10. The fraction of sp³-hybridized carbons (Fsp3) is 0.0667. The fourth-order valence-electron chi connectivity index (χ4n) is 1.59. The summed E-state index contributed by atoms with van der Waals surface area (Å²) in [7, 11) is 0. The van der Waals surface area contributed by atoms with Crippen molar-refractivity contribution in [2.45, 2.75) is 6.42 Å². The monoisotopic (exact) mass is 312 g/mol. The van der Waals surface area contributed by atoms with E-state index >= 15 is 0 Å². The highest BCUT2D eigenvalue weighted by atomic mass is 79.9. The fourth-order valence-corrected chi connectivity index (χ4v) is 2.03. The van der Waals surface area contributed by atoms with Crippen molar-refractivity contribution in [2.24, 2.45) is 0 Å². The molecule has 0 heterocycles. The predicted octanol–water partition coefficient (Wildman–Crippen LogP) is 4.18. The van der Waals surface area contributed by atoms with Gasteiger partial charge < -0.3 is 4.74 Å². The van der Waals surface area contributed by atoms with E-state index in [0.29, 0.717) is 28.0 Å². The lowest BCUT2D eigenvalue weighted by Crippen LogP contribution is -1.90. The first kappa shape index (κ1) is 13.1. The van der Waals surface area contributed by atoms with Crippen LogP contribution in [-0.2, 0) is 6.42 Å². The minimum Gasteiger partial charge on any atom is -0.456 e. The second-order valence-electron chi connectivity index (χ2n) is 3.81. The van der Waals surface area contributed by atoms with Gasteiger partial charge in [0.15, 0.2) is 0 Å². The first-order valence-electron chi connectivity index (χ1n) is 5.57. The quantitative estimate of drug-likeness (QED) is 0.854. The smallest absolute Gasteiger partial charge is 0.146 e. The lowest BCUT2D eigenvalue weighted by atomic mass is 10.1. The van der Waals surface area contributed by atoms with Gasteiger partial charge in [-0.1, -0.05) is 18.2 Å². The molecule has 4 heteroatoms. The van der Waals surface area contributed by atoms with Gasteiger partial charge in [-0.25, -0.2) is 0 Å². The summed E-state index contributed by atoms with van der Waals surface area (Å²) in [5.41, 5.74) is 1.40. The average molecular weight is 313 g/mol. The summed E-state index contributed by atoms with van der Waals surface area (Å²) in [5.74, 6) is 1.14. The summed E-state index contributed by atoms with van der Waals surface area (Å²) in [6, 6.07) is 16.8. The molecule has 0 spiro atoms. The van der Waals surface area contributed by atoms with Crippen molar-refractivity contribution in [1.82, 2.24) is 0 Å². The molecule has 2 aromatic rings. The van der Waals surface area contributed by atoms with E-state index in [4.69, 9.17) is 15.3 Å². The highest BCUT2D eigenvalue weighted by molar-refractivity contribution is 9.10. The van der Waals surface area contributed by atoms with Gasteiger partial charge in [0.05, 0.1) is 12.5 Å². The summed E-state index contributed by atoms with van der Waals surface area (Å²) in [5, 5.41) is 17.7. The van der Waals surface area contributed by atoms with Gasteiger partial charge in [0.25, 0.3) is 0 Å². The van der Waals surface area contributed by atoms with E-state index in [-0.39, 0.29) is 0 Å². The number of benzene rings is 2. The Labute approximate surface area is 119 Å². The number of halogens is 1. The Morgan fingerprint density at radius 2 is 1.79 bits per heavy atom. The standard InChI is InChI=1S/C15H9BrN2O/c16-14-2-1-3-15(13(14)10-18)19-12-6-4-11(5-7-12)8-9-17/h1-7H,8H2. The third-order valence-electron chi connectivity index (χ3n) is 2.52. The van der Waals surface area contributed by atoms with Crippen molar-refractivity contribution >= 4 is 15.9 Å². The van der Waals surface area contributed by atoms with Crippen molar-refractivity contribution in [2.75, 3.05) is 0 Å². The van der Waals surface area contributed by atoms with Crippen molar-refractivity contribution in [3.05, 3.63) is 58.1 Å². The van der Waals surface area contributed by atoms with Crippen molar-refractivity contribution in [3.8, 4) is 23.6 Å². The first-order chi connectivity index (χ1) is 9.24. The lowest BCUT2D eigenvalue weighted by Gasteiger charge is -2.08. The number of ether oxygens (including phenoxy) is 1. The Bertz CT molecular complexity index is 666. The van der Waals surface area contributed by atoms with Gasteiger partial charge in [0.1, 0.15) is 23.1 Å². The molecule has 0 aliphatic carbocycles. The Hall–Kier alpha value is -2.30. The Morgan fingerprint density at radius 3 is 2.42 bits per heavy atom. The van der Waals surface area contributed by atoms with Crippen molar-refractivity contribution < 1.29 is 4.74 Å². The average Bonchev–Trinajstić information content (AvgIpc) is 2.42. The molecule has 0 amide bonds. The second-order valence-corrected chi connectivity index (χ2v) is 4.66. The minimum absolute atomic E-state index is 0.376. The van der Waals surface area contributed by atoms with E-state index in [0.717, 1.165) is 5.56 Å². The molecule has 2 aromatic carbocycles. The molecule has 0 aliphatic heterocycles. The molecule has 3 nitrogen and oxygen atoms in total. The summed E-state index contributed by atoms with van der Waals surface area (Å²) >= 11 is 3.31. The predicted molar refractivity (Wildman–Crippen MR) is 74.7 cm³/mol. The van der Waals surface area contributed by atoms with Crippen LogP contribution in [0, 0.1) is 22.7 Å². The molecule has 92 valence electrons. The lowest BCUT2D eigenvalue weighted by molar-refractivity contribution is 0.480. The van der Waals surface area contributed by atoms with Crippen LogP contribution in [0.4, 0.5) is 0 Å². The molecule has 0 bridgehead atoms. The Kier molecular flexibility index (Phi) is 4.18. The van der Waals surface area contributed by atoms with Crippen LogP contribution < -0.4 is 4.74 Å². The molecule has 0 aromatic heterocycles. The van der Waals surface area contributed by atoms with E-state index in [1.165, 1.54) is 0 Å². The third-order valence-corrected chi connectivity index (χ3v) is 3.18. The van der Waals surface area contributed by atoms with Gasteiger partial charge in [-0.3, -0.25) is 0 Å². The molecule has 0 radical (unpaired) electrons. The van der Waals surface area contributed by atoms with Crippen LogP contribution in [0.2, 0.25) is 0 Å². The van der Waals surface area contributed by atoms with Gasteiger partial charge in [-0.2, -0.15) is 10.5 Å². The first-order valence-corrected chi connectivity index (χ1v) is 6.36. The topological polar surface area (TPSA) is 56.8 Å². The van der Waals surface area contributed by atoms with Gasteiger partial charge in [-0.15, -0.1) is 0 Å². The van der Waals surface area contributed by atoms with Crippen molar-refractivity contribution in [1.29, 1.82) is 10.5 Å². The number of rotatable bonds is 3. The number of hydrogen-bond acceptors (Lipinski definition) is 3. The third kappa shape index (κ3) is 3.13. The zero-order valence-corrected chi connectivity index (χ0v) is 11.5. The van der Waals surface area contributed by atoms with E-state index in [1.807, 2.05) is 18.2 Å². The zero-order chi connectivity index (χ0) is 13.7.